The summed E-state index contributed by atoms with van der Waals surface area (Å²) in [4.78, 5) is 28.7. The lowest BCUT2D eigenvalue weighted by atomic mass is 10.2. The predicted molar refractivity (Wildman–Crippen MR) is 125 cm³/mol. The van der Waals surface area contributed by atoms with Crippen LogP contribution in [0, 0.1) is 5.82 Å². The molecule has 0 unspecified atom stereocenters. The summed E-state index contributed by atoms with van der Waals surface area (Å²) < 4.78 is 29.9. The molecule has 3 aromatic rings. The lowest BCUT2D eigenvalue weighted by Gasteiger charge is -2.05. The number of nitrogens with zero attached hydrogens (tertiary/aromatic N) is 1. The molecule has 1 heterocycles. The van der Waals surface area contributed by atoms with Gasteiger partial charge in [0.1, 0.15) is 17.3 Å². The van der Waals surface area contributed by atoms with Crippen molar-refractivity contribution in [3.05, 3.63) is 101 Å². The number of hydrogen-bond donors (Lipinski definition) is 0. The molecule has 0 N–H and O–H groups in total. The Morgan fingerprint density at radius 1 is 1.00 bits per heavy atom. The van der Waals surface area contributed by atoms with Crippen LogP contribution in [-0.4, -0.2) is 24.4 Å². The average Bonchev–Trinajstić information content (AvgIpc) is 3.21. The van der Waals surface area contributed by atoms with E-state index < -0.39 is 17.8 Å². The van der Waals surface area contributed by atoms with Crippen molar-refractivity contribution < 1.29 is 28.2 Å². The molecule has 1 aliphatic rings. The number of rotatable bonds is 8. The lowest BCUT2D eigenvalue weighted by Crippen LogP contribution is -2.10. The Bertz CT molecular complexity index is 1250. The fraction of sp³-hybridized carbons (Fsp3) is 0.148. The minimum Gasteiger partial charge on any atom is -0.494 e. The van der Waals surface area contributed by atoms with E-state index in [-0.39, 0.29) is 22.9 Å². The molecule has 1 aliphatic heterocycles. The molecule has 0 fully saturated rings. The Hall–Kier alpha value is -4.26. The number of unbranched alkanes of at least 4 members (excludes halogenated alkanes) is 1. The molecule has 3 aromatic carbocycles. The molecular weight excluding hydrogens is 437 g/mol. The zero-order valence-electron chi connectivity index (χ0n) is 18.5. The minimum absolute atomic E-state index is 0.148. The maximum absolute atomic E-state index is 13.7. The van der Waals surface area contributed by atoms with E-state index >= 15 is 0 Å². The maximum atomic E-state index is 13.7. The second kappa shape index (κ2) is 10.6. The van der Waals surface area contributed by atoms with Gasteiger partial charge < -0.3 is 14.2 Å². The highest BCUT2D eigenvalue weighted by molar-refractivity contribution is 6.12. The summed E-state index contributed by atoms with van der Waals surface area (Å²) in [5, 5.41) is 0. The highest BCUT2D eigenvalue weighted by Gasteiger charge is 2.24. The van der Waals surface area contributed by atoms with E-state index in [1.807, 2.05) is 12.1 Å². The zero-order chi connectivity index (χ0) is 23.9. The van der Waals surface area contributed by atoms with Crippen LogP contribution in [0.2, 0.25) is 0 Å². The standard InChI is InChI=1S/C27H22FNO5/c1-2-3-16-32-20-14-10-19(11-15-20)25-29-24(27(31)34-25)17-18-8-12-21(13-9-18)33-26(30)22-6-4-5-7-23(22)28/h4-15,17H,2-3,16H2,1H3/b24-17-. The largest absolute Gasteiger partial charge is 0.494 e. The highest BCUT2D eigenvalue weighted by Crippen LogP contribution is 2.22. The van der Waals surface area contributed by atoms with Crippen LogP contribution in [0.15, 0.2) is 83.5 Å². The van der Waals surface area contributed by atoms with E-state index in [1.54, 1.807) is 48.5 Å². The number of benzene rings is 3. The van der Waals surface area contributed by atoms with Gasteiger partial charge in [0.15, 0.2) is 5.70 Å². The Morgan fingerprint density at radius 2 is 1.71 bits per heavy atom. The molecule has 0 saturated carbocycles. The number of carbonyl (C=O) groups is 2. The van der Waals surface area contributed by atoms with Gasteiger partial charge in [0, 0.05) is 5.56 Å². The van der Waals surface area contributed by atoms with Crippen LogP contribution in [0.5, 0.6) is 11.5 Å². The van der Waals surface area contributed by atoms with Crippen molar-refractivity contribution in [2.45, 2.75) is 19.8 Å². The monoisotopic (exact) mass is 459 g/mol. The van der Waals surface area contributed by atoms with E-state index in [2.05, 4.69) is 11.9 Å². The molecule has 0 aliphatic carbocycles. The Balaban J connectivity index is 1.43. The van der Waals surface area contributed by atoms with Gasteiger partial charge in [-0.05, 0) is 66.6 Å². The number of halogens is 1. The quantitative estimate of drug-likeness (QED) is 0.191. The van der Waals surface area contributed by atoms with Gasteiger partial charge in [-0.3, -0.25) is 0 Å². The molecule has 0 atom stereocenters. The molecule has 0 radical (unpaired) electrons. The van der Waals surface area contributed by atoms with Crippen LogP contribution in [0.1, 0.15) is 41.3 Å². The first-order valence-electron chi connectivity index (χ1n) is 10.9. The second-order valence-electron chi connectivity index (χ2n) is 7.50. The molecule has 0 bridgehead atoms. The van der Waals surface area contributed by atoms with Crippen molar-refractivity contribution in [1.29, 1.82) is 0 Å². The number of cyclic esters (lactones) is 1. The summed E-state index contributed by atoms with van der Waals surface area (Å²) in [6.07, 6.45) is 3.61. The molecule has 172 valence electrons. The van der Waals surface area contributed by atoms with Crippen molar-refractivity contribution in [2.24, 2.45) is 4.99 Å². The molecular formula is C27H22FNO5. The summed E-state index contributed by atoms with van der Waals surface area (Å²) in [6, 6.07) is 19.2. The number of ether oxygens (including phenoxy) is 3. The first kappa shape index (κ1) is 22.9. The van der Waals surface area contributed by atoms with E-state index in [4.69, 9.17) is 14.2 Å². The summed E-state index contributed by atoms with van der Waals surface area (Å²) in [5.41, 5.74) is 1.32. The Morgan fingerprint density at radius 3 is 2.41 bits per heavy atom. The molecule has 6 nitrogen and oxygen atoms in total. The number of esters is 2. The van der Waals surface area contributed by atoms with Gasteiger partial charge in [-0.1, -0.05) is 37.6 Å². The number of hydrogen-bond acceptors (Lipinski definition) is 6. The smallest absolute Gasteiger partial charge is 0.363 e. The first-order chi connectivity index (χ1) is 16.5. The third-order valence-corrected chi connectivity index (χ3v) is 4.98. The third kappa shape index (κ3) is 5.56. The van der Waals surface area contributed by atoms with Gasteiger partial charge >= 0.3 is 11.9 Å². The van der Waals surface area contributed by atoms with Gasteiger partial charge in [-0.15, -0.1) is 0 Å². The SMILES string of the molecule is CCCCOc1ccc(C2=N/C(=C\c3ccc(OC(=O)c4ccccc4F)cc3)C(=O)O2)cc1. The van der Waals surface area contributed by atoms with Crippen LogP contribution in [-0.2, 0) is 9.53 Å². The maximum Gasteiger partial charge on any atom is 0.363 e. The Kier molecular flexibility index (Phi) is 7.13. The molecule has 34 heavy (non-hydrogen) atoms. The zero-order valence-corrected chi connectivity index (χ0v) is 18.5. The van der Waals surface area contributed by atoms with Gasteiger partial charge in [0.05, 0.1) is 12.2 Å². The first-order valence-corrected chi connectivity index (χ1v) is 10.9. The van der Waals surface area contributed by atoms with E-state index in [0.29, 0.717) is 17.7 Å². The number of aliphatic imine (C=N–C) groups is 1. The fourth-order valence-electron chi connectivity index (χ4n) is 3.14. The predicted octanol–water partition coefficient (Wildman–Crippen LogP) is 5.57. The van der Waals surface area contributed by atoms with Crippen LogP contribution < -0.4 is 9.47 Å². The van der Waals surface area contributed by atoms with Crippen LogP contribution in [0.3, 0.4) is 0 Å². The van der Waals surface area contributed by atoms with Crippen LogP contribution >= 0.6 is 0 Å². The molecule has 7 heteroatoms. The second-order valence-corrected chi connectivity index (χ2v) is 7.50. The Labute approximate surface area is 196 Å². The van der Waals surface area contributed by atoms with Crippen molar-refractivity contribution in [2.75, 3.05) is 6.61 Å². The molecule has 0 amide bonds. The fourth-order valence-corrected chi connectivity index (χ4v) is 3.14. The summed E-state index contributed by atoms with van der Waals surface area (Å²) >= 11 is 0. The molecule has 4 rings (SSSR count). The third-order valence-electron chi connectivity index (χ3n) is 4.98. The van der Waals surface area contributed by atoms with E-state index in [0.717, 1.165) is 18.6 Å². The minimum atomic E-state index is -0.792. The van der Waals surface area contributed by atoms with Crippen LogP contribution in [0.25, 0.3) is 6.08 Å². The summed E-state index contributed by atoms with van der Waals surface area (Å²) in [7, 11) is 0. The normalized spacial score (nSPS) is 14.0. The lowest BCUT2D eigenvalue weighted by molar-refractivity contribution is -0.129. The van der Waals surface area contributed by atoms with Gasteiger partial charge in [0.25, 0.3) is 0 Å². The average molecular weight is 459 g/mol. The van der Waals surface area contributed by atoms with Crippen molar-refractivity contribution >= 4 is 23.9 Å². The molecule has 0 spiro atoms. The topological polar surface area (TPSA) is 74.2 Å². The van der Waals surface area contributed by atoms with Crippen molar-refractivity contribution in [1.82, 2.24) is 0 Å². The van der Waals surface area contributed by atoms with Gasteiger partial charge in [0.2, 0.25) is 5.90 Å². The molecule has 0 aromatic heterocycles. The highest BCUT2D eigenvalue weighted by atomic mass is 19.1. The molecule has 0 saturated heterocycles. The van der Waals surface area contributed by atoms with Gasteiger partial charge in [-0.2, -0.15) is 0 Å². The summed E-state index contributed by atoms with van der Waals surface area (Å²) in [6.45, 7) is 2.75. The number of carbonyl (C=O) groups excluding carboxylic acids is 2. The van der Waals surface area contributed by atoms with E-state index in [1.165, 1.54) is 18.2 Å². The van der Waals surface area contributed by atoms with Crippen molar-refractivity contribution in [3.8, 4) is 11.5 Å². The summed E-state index contributed by atoms with van der Waals surface area (Å²) in [5.74, 6) is -0.802. The van der Waals surface area contributed by atoms with Gasteiger partial charge in [-0.25, -0.2) is 19.0 Å². The van der Waals surface area contributed by atoms with Crippen LogP contribution in [0.4, 0.5) is 4.39 Å². The van der Waals surface area contributed by atoms with Crippen molar-refractivity contribution in [3.63, 3.8) is 0 Å². The van der Waals surface area contributed by atoms with E-state index in [9.17, 15) is 14.0 Å².